The molecule has 1 unspecified atom stereocenters. The number of ether oxygens (including phenoxy) is 1. The predicted octanol–water partition coefficient (Wildman–Crippen LogP) is 1.17. The van der Waals surface area contributed by atoms with E-state index in [-0.39, 0.29) is 12.4 Å². The van der Waals surface area contributed by atoms with Gasteiger partial charge in [0.1, 0.15) is 0 Å². The zero-order valence-electron chi connectivity index (χ0n) is 11.6. The van der Waals surface area contributed by atoms with E-state index in [4.69, 9.17) is 9.84 Å². The van der Waals surface area contributed by atoms with Gasteiger partial charge in [0.15, 0.2) is 0 Å². The molecule has 1 aromatic rings. The molecule has 20 heavy (non-hydrogen) atoms. The first-order chi connectivity index (χ1) is 9.44. The summed E-state index contributed by atoms with van der Waals surface area (Å²) in [4.78, 5) is 30.4. The summed E-state index contributed by atoms with van der Waals surface area (Å²) in [5.74, 6) is -0.527. The van der Waals surface area contributed by atoms with Gasteiger partial charge in [-0.25, -0.2) is 9.78 Å². The summed E-state index contributed by atoms with van der Waals surface area (Å²) >= 11 is 0. The van der Waals surface area contributed by atoms with Crippen molar-refractivity contribution in [3.8, 4) is 5.88 Å². The maximum absolute atomic E-state index is 11.7. The minimum atomic E-state index is -0.967. The maximum atomic E-state index is 11.7. The smallest absolute Gasteiger partial charge is 0.321 e. The third-order valence-electron chi connectivity index (χ3n) is 2.51. The average Bonchev–Trinajstić information content (AvgIpc) is 2.36. The van der Waals surface area contributed by atoms with Crippen LogP contribution in [0.1, 0.15) is 25.5 Å². The number of anilines is 1. The van der Waals surface area contributed by atoms with Crippen molar-refractivity contribution in [2.75, 3.05) is 12.4 Å². The molecule has 0 radical (unpaired) electrons. The van der Waals surface area contributed by atoms with E-state index in [1.807, 2.05) is 0 Å². The molecule has 0 aliphatic heterocycles. The van der Waals surface area contributed by atoms with Gasteiger partial charge in [-0.05, 0) is 13.3 Å². The summed E-state index contributed by atoms with van der Waals surface area (Å²) in [6.07, 6.45) is 0.375. The van der Waals surface area contributed by atoms with Crippen LogP contribution in [-0.2, 0) is 4.79 Å². The van der Waals surface area contributed by atoms with Crippen LogP contribution < -0.4 is 15.4 Å². The van der Waals surface area contributed by atoms with Gasteiger partial charge in [0.2, 0.25) is 11.8 Å². The lowest BCUT2D eigenvalue weighted by atomic mass is 10.1. The Morgan fingerprint density at radius 3 is 2.70 bits per heavy atom. The first-order valence-electron chi connectivity index (χ1n) is 6.13. The van der Waals surface area contributed by atoms with Crippen LogP contribution in [0.4, 0.5) is 10.7 Å². The van der Waals surface area contributed by atoms with Gasteiger partial charge in [-0.1, -0.05) is 6.92 Å². The number of carbonyl (C=O) groups excluding carboxylic acids is 1. The number of hydrogen-bond donors (Lipinski definition) is 3. The number of aliphatic carboxylic acids is 1. The molecule has 0 aromatic carbocycles. The molecular weight excluding hydrogens is 264 g/mol. The van der Waals surface area contributed by atoms with Gasteiger partial charge in [0.25, 0.3) is 0 Å². The summed E-state index contributed by atoms with van der Waals surface area (Å²) < 4.78 is 4.97. The van der Waals surface area contributed by atoms with Crippen LogP contribution in [-0.4, -0.2) is 40.2 Å². The highest BCUT2D eigenvalue weighted by atomic mass is 16.5. The zero-order chi connectivity index (χ0) is 15.1. The van der Waals surface area contributed by atoms with E-state index in [9.17, 15) is 9.59 Å². The lowest BCUT2D eigenvalue weighted by Crippen LogP contribution is -2.39. The Bertz CT molecular complexity index is 492. The topological polar surface area (TPSA) is 113 Å². The first kappa shape index (κ1) is 15.7. The Hall–Kier alpha value is -2.38. The number of methoxy groups -OCH3 is 1. The standard InChI is InChI=1S/C12H18N4O4/c1-4-8(6-10(17)18)14-12(19)16-11-13-7(2)5-9(15-11)20-3/h5,8H,4,6H2,1-3H3,(H,17,18)(H2,13,14,15,16,19). The predicted molar refractivity (Wildman–Crippen MR) is 71.8 cm³/mol. The number of urea groups is 1. The second kappa shape index (κ2) is 7.27. The van der Waals surface area contributed by atoms with Crippen LogP contribution in [0.3, 0.4) is 0 Å². The van der Waals surface area contributed by atoms with Gasteiger partial charge in [-0.2, -0.15) is 4.98 Å². The molecule has 8 nitrogen and oxygen atoms in total. The number of nitrogens with zero attached hydrogens (tertiary/aromatic N) is 2. The van der Waals surface area contributed by atoms with Crippen LogP contribution >= 0.6 is 0 Å². The molecular formula is C12H18N4O4. The Morgan fingerprint density at radius 1 is 1.45 bits per heavy atom. The third kappa shape index (κ3) is 5.09. The van der Waals surface area contributed by atoms with E-state index >= 15 is 0 Å². The fraction of sp³-hybridized carbons (Fsp3) is 0.500. The summed E-state index contributed by atoms with van der Waals surface area (Å²) in [6, 6.07) is 0.632. The van der Waals surface area contributed by atoms with Crippen LogP contribution in [0, 0.1) is 6.92 Å². The van der Waals surface area contributed by atoms with Gasteiger partial charge in [-0.15, -0.1) is 0 Å². The number of nitrogens with one attached hydrogen (secondary N) is 2. The highest BCUT2D eigenvalue weighted by molar-refractivity contribution is 5.88. The molecule has 1 rings (SSSR count). The zero-order valence-corrected chi connectivity index (χ0v) is 11.6. The van der Waals surface area contributed by atoms with Crippen molar-refractivity contribution in [3.05, 3.63) is 11.8 Å². The molecule has 1 heterocycles. The number of aryl methyl sites for hydroxylation is 1. The van der Waals surface area contributed by atoms with Crippen LogP contribution in [0.25, 0.3) is 0 Å². The lowest BCUT2D eigenvalue weighted by molar-refractivity contribution is -0.137. The fourth-order valence-corrected chi connectivity index (χ4v) is 1.53. The molecule has 1 atom stereocenters. The SMILES string of the molecule is CCC(CC(=O)O)NC(=O)Nc1nc(C)cc(OC)n1. The largest absolute Gasteiger partial charge is 0.481 e. The molecule has 0 fully saturated rings. The van der Waals surface area contributed by atoms with Gasteiger partial charge >= 0.3 is 12.0 Å². The van der Waals surface area contributed by atoms with Crippen molar-refractivity contribution in [2.24, 2.45) is 0 Å². The van der Waals surface area contributed by atoms with Gasteiger partial charge < -0.3 is 15.2 Å². The Labute approximate surface area is 116 Å². The van der Waals surface area contributed by atoms with E-state index in [1.165, 1.54) is 7.11 Å². The molecule has 0 saturated carbocycles. The molecule has 1 aromatic heterocycles. The van der Waals surface area contributed by atoms with Crippen molar-refractivity contribution in [3.63, 3.8) is 0 Å². The number of hydrogen-bond acceptors (Lipinski definition) is 5. The number of amides is 2. The number of carbonyl (C=O) groups is 2. The highest BCUT2D eigenvalue weighted by Gasteiger charge is 2.15. The first-order valence-corrected chi connectivity index (χ1v) is 6.13. The van der Waals surface area contributed by atoms with Gasteiger partial charge in [-0.3, -0.25) is 10.1 Å². The van der Waals surface area contributed by atoms with Crippen molar-refractivity contribution in [2.45, 2.75) is 32.7 Å². The van der Waals surface area contributed by atoms with Crippen molar-refractivity contribution in [1.82, 2.24) is 15.3 Å². The fourth-order valence-electron chi connectivity index (χ4n) is 1.53. The molecule has 2 amide bonds. The molecule has 110 valence electrons. The summed E-state index contributed by atoms with van der Waals surface area (Å²) in [7, 11) is 1.46. The van der Waals surface area contributed by atoms with Crippen molar-refractivity contribution in [1.29, 1.82) is 0 Å². The Balaban J connectivity index is 2.65. The maximum Gasteiger partial charge on any atom is 0.321 e. The Kier molecular flexibility index (Phi) is 5.70. The van der Waals surface area contributed by atoms with Crippen LogP contribution in [0.5, 0.6) is 5.88 Å². The molecule has 0 aliphatic carbocycles. The number of carboxylic acid groups (broad SMARTS) is 1. The van der Waals surface area contributed by atoms with Crippen LogP contribution in [0.15, 0.2) is 6.07 Å². The summed E-state index contributed by atoms with van der Waals surface area (Å²) in [6.45, 7) is 3.53. The van der Waals surface area contributed by atoms with Gasteiger partial charge in [0.05, 0.1) is 13.5 Å². The normalized spacial score (nSPS) is 11.6. The summed E-state index contributed by atoms with van der Waals surface area (Å²) in [5.41, 5.74) is 0.643. The molecule has 0 spiro atoms. The van der Waals surface area contributed by atoms with E-state index < -0.39 is 18.0 Å². The number of carboxylic acids is 1. The van der Waals surface area contributed by atoms with Crippen LogP contribution in [0.2, 0.25) is 0 Å². The minimum absolute atomic E-state index is 0.101. The summed E-state index contributed by atoms with van der Waals surface area (Å²) in [5, 5.41) is 13.7. The van der Waals surface area contributed by atoms with Crippen molar-refractivity contribution < 1.29 is 19.4 Å². The monoisotopic (exact) mass is 282 g/mol. The Morgan fingerprint density at radius 2 is 2.15 bits per heavy atom. The van der Waals surface area contributed by atoms with E-state index in [1.54, 1.807) is 19.9 Å². The quantitative estimate of drug-likeness (QED) is 0.721. The number of aromatic nitrogens is 2. The molecule has 3 N–H and O–H groups in total. The highest BCUT2D eigenvalue weighted by Crippen LogP contribution is 2.11. The second-order valence-corrected chi connectivity index (χ2v) is 4.18. The molecule has 0 saturated heterocycles. The second-order valence-electron chi connectivity index (χ2n) is 4.18. The number of rotatable bonds is 6. The van der Waals surface area contributed by atoms with Gasteiger partial charge in [0, 0.05) is 17.8 Å². The average molecular weight is 282 g/mol. The third-order valence-corrected chi connectivity index (χ3v) is 2.51. The van der Waals surface area contributed by atoms with E-state index in [0.717, 1.165) is 0 Å². The molecule has 8 heteroatoms. The van der Waals surface area contributed by atoms with Crippen molar-refractivity contribution >= 4 is 17.9 Å². The lowest BCUT2D eigenvalue weighted by Gasteiger charge is -2.15. The van der Waals surface area contributed by atoms with E-state index in [0.29, 0.717) is 18.0 Å². The minimum Gasteiger partial charge on any atom is -0.481 e. The van der Waals surface area contributed by atoms with E-state index in [2.05, 4.69) is 20.6 Å². The molecule has 0 bridgehead atoms. The molecule has 0 aliphatic rings.